The standard InChI is InChI=1S/C15H30N2O.ClH/c1-3-15(4-2,12-16)14(18)17-13-10-8-6-5-7-9-11-13;/h13H,3-12,16H2,1-2H3,(H,17,18);1H. The lowest BCUT2D eigenvalue weighted by atomic mass is 9.81. The average molecular weight is 291 g/mol. The maximum Gasteiger partial charge on any atom is 0.227 e. The Kier molecular flexibility index (Phi) is 9.46. The third-order valence-corrected chi connectivity index (χ3v) is 4.67. The van der Waals surface area contributed by atoms with E-state index in [4.69, 9.17) is 5.73 Å². The van der Waals surface area contributed by atoms with Crippen LogP contribution >= 0.6 is 12.4 Å². The summed E-state index contributed by atoms with van der Waals surface area (Å²) in [4.78, 5) is 12.4. The molecule has 1 fully saturated rings. The number of carbonyl (C=O) groups is 1. The van der Waals surface area contributed by atoms with Crippen molar-refractivity contribution in [3.05, 3.63) is 0 Å². The zero-order valence-corrected chi connectivity index (χ0v) is 13.4. The normalized spacial score (nSPS) is 18.1. The Morgan fingerprint density at radius 3 is 2.00 bits per heavy atom. The highest BCUT2D eigenvalue weighted by molar-refractivity contribution is 5.85. The molecule has 0 spiro atoms. The molecule has 0 radical (unpaired) electrons. The molecule has 0 aromatic rings. The van der Waals surface area contributed by atoms with Gasteiger partial charge >= 0.3 is 0 Å². The summed E-state index contributed by atoms with van der Waals surface area (Å²) >= 11 is 0. The van der Waals surface area contributed by atoms with Crippen LogP contribution in [-0.4, -0.2) is 18.5 Å². The molecule has 3 nitrogen and oxygen atoms in total. The van der Waals surface area contributed by atoms with Gasteiger partial charge in [-0.15, -0.1) is 12.4 Å². The van der Waals surface area contributed by atoms with Gasteiger partial charge in [0.05, 0.1) is 5.41 Å². The second-order valence-electron chi connectivity index (χ2n) is 5.71. The van der Waals surface area contributed by atoms with E-state index in [0.29, 0.717) is 12.6 Å². The third-order valence-electron chi connectivity index (χ3n) is 4.67. The van der Waals surface area contributed by atoms with Gasteiger partial charge in [0.15, 0.2) is 0 Å². The molecule has 19 heavy (non-hydrogen) atoms. The largest absolute Gasteiger partial charge is 0.353 e. The van der Waals surface area contributed by atoms with Crippen molar-refractivity contribution >= 4 is 18.3 Å². The fourth-order valence-corrected chi connectivity index (χ4v) is 2.89. The molecular formula is C15H31ClN2O. The van der Waals surface area contributed by atoms with Crippen LogP contribution in [0.1, 0.15) is 71.6 Å². The van der Waals surface area contributed by atoms with Crippen LogP contribution in [0, 0.1) is 5.41 Å². The van der Waals surface area contributed by atoms with Gasteiger partial charge in [-0.05, 0) is 25.7 Å². The van der Waals surface area contributed by atoms with E-state index >= 15 is 0 Å². The van der Waals surface area contributed by atoms with E-state index in [1.165, 1.54) is 32.1 Å². The first-order valence-corrected chi connectivity index (χ1v) is 7.69. The highest BCUT2D eigenvalue weighted by atomic mass is 35.5. The third kappa shape index (κ3) is 5.31. The van der Waals surface area contributed by atoms with Crippen LogP contribution in [0.25, 0.3) is 0 Å². The van der Waals surface area contributed by atoms with Crippen molar-refractivity contribution in [2.45, 2.75) is 77.7 Å². The first-order valence-electron chi connectivity index (χ1n) is 7.69. The molecule has 0 aromatic heterocycles. The van der Waals surface area contributed by atoms with Gasteiger partial charge in [-0.25, -0.2) is 0 Å². The summed E-state index contributed by atoms with van der Waals surface area (Å²) < 4.78 is 0. The highest BCUT2D eigenvalue weighted by Crippen LogP contribution is 2.26. The van der Waals surface area contributed by atoms with E-state index in [2.05, 4.69) is 19.2 Å². The molecule has 0 heterocycles. The predicted molar refractivity (Wildman–Crippen MR) is 83.6 cm³/mol. The van der Waals surface area contributed by atoms with Crippen molar-refractivity contribution in [3.63, 3.8) is 0 Å². The van der Waals surface area contributed by atoms with Gasteiger partial charge in [0.2, 0.25) is 5.91 Å². The SMILES string of the molecule is CCC(CC)(CN)C(=O)NC1CCCCCCC1.Cl. The highest BCUT2D eigenvalue weighted by Gasteiger charge is 2.34. The van der Waals surface area contributed by atoms with Crippen molar-refractivity contribution < 1.29 is 4.79 Å². The molecule has 1 saturated carbocycles. The van der Waals surface area contributed by atoms with E-state index < -0.39 is 0 Å². The van der Waals surface area contributed by atoms with Gasteiger partial charge in [-0.3, -0.25) is 4.79 Å². The van der Waals surface area contributed by atoms with Crippen molar-refractivity contribution in [2.75, 3.05) is 6.54 Å². The van der Waals surface area contributed by atoms with Gasteiger partial charge in [0.1, 0.15) is 0 Å². The Bertz CT molecular complexity index is 238. The summed E-state index contributed by atoms with van der Waals surface area (Å²) in [5, 5.41) is 3.26. The molecule has 0 unspecified atom stereocenters. The van der Waals surface area contributed by atoms with Crippen LogP contribution in [0.4, 0.5) is 0 Å². The topological polar surface area (TPSA) is 55.1 Å². The minimum atomic E-state index is -0.345. The molecule has 0 saturated heterocycles. The lowest BCUT2D eigenvalue weighted by Crippen LogP contribution is -2.48. The second-order valence-corrected chi connectivity index (χ2v) is 5.71. The molecule has 0 atom stereocenters. The van der Waals surface area contributed by atoms with E-state index in [-0.39, 0.29) is 23.7 Å². The lowest BCUT2D eigenvalue weighted by molar-refractivity contribution is -0.131. The smallest absolute Gasteiger partial charge is 0.227 e. The maximum absolute atomic E-state index is 12.4. The number of rotatable bonds is 5. The van der Waals surface area contributed by atoms with Crippen molar-refractivity contribution in [1.29, 1.82) is 0 Å². The van der Waals surface area contributed by atoms with Crippen molar-refractivity contribution in [2.24, 2.45) is 11.1 Å². The maximum atomic E-state index is 12.4. The minimum absolute atomic E-state index is 0. The summed E-state index contributed by atoms with van der Waals surface area (Å²) in [6.45, 7) is 4.58. The van der Waals surface area contributed by atoms with Crippen LogP contribution in [0.2, 0.25) is 0 Å². The first kappa shape index (κ1) is 18.7. The number of amides is 1. The van der Waals surface area contributed by atoms with Gasteiger partial charge < -0.3 is 11.1 Å². The minimum Gasteiger partial charge on any atom is -0.353 e. The molecule has 0 bridgehead atoms. The lowest BCUT2D eigenvalue weighted by Gasteiger charge is -2.31. The van der Waals surface area contributed by atoms with Crippen LogP contribution < -0.4 is 11.1 Å². The molecule has 0 aromatic carbocycles. The van der Waals surface area contributed by atoms with Gasteiger partial charge in [0, 0.05) is 12.6 Å². The van der Waals surface area contributed by atoms with Gasteiger partial charge in [0.25, 0.3) is 0 Å². The molecule has 1 amide bonds. The summed E-state index contributed by atoms with van der Waals surface area (Å²) in [6.07, 6.45) is 10.4. The van der Waals surface area contributed by atoms with Crippen LogP contribution in [-0.2, 0) is 4.79 Å². The van der Waals surface area contributed by atoms with Crippen LogP contribution in [0.15, 0.2) is 0 Å². The average Bonchev–Trinajstić information content (AvgIpc) is 2.35. The summed E-state index contributed by atoms with van der Waals surface area (Å²) in [5.74, 6) is 0.181. The summed E-state index contributed by atoms with van der Waals surface area (Å²) in [5.41, 5.74) is 5.48. The Morgan fingerprint density at radius 2 is 1.58 bits per heavy atom. The Hall–Kier alpha value is -0.280. The zero-order valence-electron chi connectivity index (χ0n) is 12.5. The van der Waals surface area contributed by atoms with Crippen molar-refractivity contribution in [1.82, 2.24) is 5.32 Å². The fraction of sp³-hybridized carbons (Fsp3) is 0.933. The molecule has 114 valence electrons. The Balaban J connectivity index is 0.00000324. The van der Waals surface area contributed by atoms with E-state index in [1.807, 2.05) is 0 Å². The molecule has 1 aliphatic rings. The number of hydrogen-bond acceptors (Lipinski definition) is 2. The number of halogens is 1. The number of hydrogen-bond donors (Lipinski definition) is 2. The fourth-order valence-electron chi connectivity index (χ4n) is 2.89. The summed E-state index contributed by atoms with van der Waals surface area (Å²) in [7, 11) is 0. The first-order chi connectivity index (χ1) is 8.68. The van der Waals surface area contributed by atoms with Gasteiger partial charge in [-0.1, -0.05) is 46.0 Å². The molecular weight excluding hydrogens is 260 g/mol. The Morgan fingerprint density at radius 1 is 1.11 bits per heavy atom. The number of nitrogens with one attached hydrogen (secondary N) is 1. The summed E-state index contributed by atoms with van der Waals surface area (Å²) in [6, 6.07) is 0.377. The molecule has 4 heteroatoms. The van der Waals surface area contributed by atoms with Crippen LogP contribution in [0.5, 0.6) is 0 Å². The van der Waals surface area contributed by atoms with E-state index in [0.717, 1.165) is 25.7 Å². The molecule has 1 aliphatic carbocycles. The molecule has 1 rings (SSSR count). The van der Waals surface area contributed by atoms with Gasteiger partial charge in [-0.2, -0.15) is 0 Å². The molecule has 0 aliphatic heterocycles. The Labute approximate surface area is 124 Å². The van der Waals surface area contributed by atoms with Crippen molar-refractivity contribution in [3.8, 4) is 0 Å². The second kappa shape index (κ2) is 9.60. The van der Waals surface area contributed by atoms with E-state index in [9.17, 15) is 4.79 Å². The van der Waals surface area contributed by atoms with E-state index in [1.54, 1.807) is 0 Å². The van der Waals surface area contributed by atoms with Crippen LogP contribution in [0.3, 0.4) is 0 Å². The quantitative estimate of drug-likeness (QED) is 0.815. The zero-order chi connectivity index (χ0) is 13.4. The predicted octanol–water partition coefficient (Wildman–Crippen LogP) is 3.40. The monoisotopic (exact) mass is 290 g/mol. The molecule has 3 N–H and O–H groups in total. The number of nitrogens with two attached hydrogens (primary N) is 1. The number of carbonyl (C=O) groups excluding carboxylic acids is 1.